The standard InChI is InChI=1S/C9H18NO2/c1-2-3-4-5-6-7-8-10-9(11)12/h10H,2-8H2,1H3. The molecule has 1 amide bonds. The number of rotatable bonds is 7. The van der Waals surface area contributed by atoms with Gasteiger partial charge in [-0.25, -0.2) is 9.90 Å². The Hall–Kier alpha value is -0.730. The summed E-state index contributed by atoms with van der Waals surface area (Å²) in [6, 6.07) is 0. The highest BCUT2D eigenvalue weighted by molar-refractivity contribution is 5.63. The van der Waals surface area contributed by atoms with E-state index in [2.05, 4.69) is 12.2 Å². The quantitative estimate of drug-likeness (QED) is 0.589. The van der Waals surface area contributed by atoms with Gasteiger partial charge in [0, 0.05) is 6.54 Å². The maximum Gasteiger partial charge on any atom is 0.450 e. The average molecular weight is 172 g/mol. The maximum absolute atomic E-state index is 9.91. The number of hydrogen-bond acceptors (Lipinski definition) is 1. The van der Waals surface area contributed by atoms with Crippen LogP contribution in [0.15, 0.2) is 0 Å². The topological polar surface area (TPSA) is 49.0 Å². The zero-order valence-electron chi connectivity index (χ0n) is 7.77. The van der Waals surface area contributed by atoms with Crippen LogP contribution in [0.1, 0.15) is 45.4 Å². The number of amides is 1. The first-order chi connectivity index (χ1) is 5.77. The van der Waals surface area contributed by atoms with E-state index >= 15 is 0 Å². The molecule has 12 heavy (non-hydrogen) atoms. The van der Waals surface area contributed by atoms with Crippen molar-refractivity contribution in [2.24, 2.45) is 0 Å². The SMILES string of the molecule is CCCCCCCCNC([O])=O. The van der Waals surface area contributed by atoms with Crippen molar-refractivity contribution < 1.29 is 9.90 Å². The first-order valence-electron chi connectivity index (χ1n) is 4.72. The van der Waals surface area contributed by atoms with E-state index in [9.17, 15) is 9.90 Å². The van der Waals surface area contributed by atoms with E-state index in [4.69, 9.17) is 0 Å². The third-order valence-electron chi connectivity index (χ3n) is 1.80. The Kier molecular flexibility index (Phi) is 7.86. The van der Waals surface area contributed by atoms with Crippen LogP contribution < -0.4 is 5.32 Å². The van der Waals surface area contributed by atoms with Crippen molar-refractivity contribution in [1.29, 1.82) is 0 Å². The second-order valence-electron chi connectivity index (χ2n) is 2.98. The lowest BCUT2D eigenvalue weighted by Crippen LogP contribution is -2.20. The van der Waals surface area contributed by atoms with E-state index in [0.29, 0.717) is 6.54 Å². The normalized spacial score (nSPS) is 9.75. The summed E-state index contributed by atoms with van der Waals surface area (Å²) in [5.74, 6) is 0. The first kappa shape index (κ1) is 11.3. The molecule has 0 saturated carbocycles. The van der Waals surface area contributed by atoms with Crippen LogP contribution in [0.2, 0.25) is 0 Å². The van der Waals surface area contributed by atoms with Gasteiger partial charge in [0.25, 0.3) is 0 Å². The summed E-state index contributed by atoms with van der Waals surface area (Å²) in [5.41, 5.74) is 0. The summed E-state index contributed by atoms with van der Waals surface area (Å²) in [7, 11) is 0. The molecule has 0 saturated heterocycles. The summed E-state index contributed by atoms with van der Waals surface area (Å²) in [6.45, 7) is 2.71. The highest BCUT2D eigenvalue weighted by Gasteiger charge is 1.94. The van der Waals surface area contributed by atoms with Gasteiger partial charge in [0.2, 0.25) is 0 Å². The molecule has 0 aliphatic heterocycles. The molecule has 1 N–H and O–H groups in total. The van der Waals surface area contributed by atoms with Crippen molar-refractivity contribution in [3.8, 4) is 0 Å². The molecule has 0 spiro atoms. The largest absolute Gasteiger partial charge is 0.450 e. The summed E-state index contributed by atoms with van der Waals surface area (Å²) < 4.78 is 0. The van der Waals surface area contributed by atoms with E-state index in [-0.39, 0.29) is 0 Å². The monoisotopic (exact) mass is 172 g/mol. The minimum Gasteiger partial charge on any atom is -0.318 e. The predicted octanol–water partition coefficient (Wildman–Crippen LogP) is 2.49. The minimum absolute atomic E-state index is 0.536. The Morgan fingerprint density at radius 3 is 2.25 bits per heavy atom. The maximum atomic E-state index is 9.91. The van der Waals surface area contributed by atoms with E-state index in [1.54, 1.807) is 0 Å². The van der Waals surface area contributed by atoms with Gasteiger partial charge < -0.3 is 5.32 Å². The Balaban J connectivity index is 2.86. The molecule has 0 aromatic heterocycles. The predicted molar refractivity (Wildman–Crippen MR) is 47.5 cm³/mol. The van der Waals surface area contributed by atoms with Crippen molar-refractivity contribution in [2.75, 3.05) is 6.54 Å². The van der Waals surface area contributed by atoms with Crippen LogP contribution in [0.5, 0.6) is 0 Å². The highest BCUT2D eigenvalue weighted by atomic mass is 16.4. The second-order valence-corrected chi connectivity index (χ2v) is 2.98. The number of nitrogens with one attached hydrogen (secondary N) is 1. The molecular weight excluding hydrogens is 154 g/mol. The van der Waals surface area contributed by atoms with Crippen molar-refractivity contribution in [3.63, 3.8) is 0 Å². The summed E-state index contributed by atoms with van der Waals surface area (Å²) in [5, 5.41) is 12.2. The van der Waals surface area contributed by atoms with Crippen LogP contribution in [0.4, 0.5) is 4.79 Å². The Bertz CT molecular complexity index is 115. The molecule has 0 aromatic rings. The number of carbonyl (C=O) groups is 1. The van der Waals surface area contributed by atoms with Crippen LogP contribution in [0, 0.1) is 0 Å². The Labute approximate surface area is 74.2 Å². The fraction of sp³-hybridized carbons (Fsp3) is 0.889. The molecule has 0 rings (SSSR count). The summed E-state index contributed by atoms with van der Waals surface area (Å²) in [4.78, 5) is 9.91. The molecule has 3 heteroatoms. The van der Waals surface area contributed by atoms with Crippen LogP contribution in [0.25, 0.3) is 0 Å². The molecule has 0 aliphatic carbocycles. The van der Waals surface area contributed by atoms with Gasteiger partial charge in [-0.05, 0) is 6.42 Å². The summed E-state index contributed by atoms with van der Waals surface area (Å²) >= 11 is 0. The lowest BCUT2D eigenvalue weighted by molar-refractivity contribution is 0.168. The fourth-order valence-electron chi connectivity index (χ4n) is 1.10. The molecule has 0 heterocycles. The van der Waals surface area contributed by atoms with Gasteiger partial charge in [-0.2, -0.15) is 0 Å². The fourth-order valence-corrected chi connectivity index (χ4v) is 1.10. The number of unbranched alkanes of at least 4 members (excludes halogenated alkanes) is 5. The van der Waals surface area contributed by atoms with Crippen LogP contribution in [0.3, 0.4) is 0 Å². The van der Waals surface area contributed by atoms with Crippen molar-refractivity contribution >= 4 is 6.09 Å². The third kappa shape index (κ3) is 9.27. The molecular formula is C9H18NO2. The molecule has 0 aromatic carbocycles. The van der Waals surface area contributed by atoms with Crippen LogP contribution in [-0.4, -0.2) is 12.6 Å². The smallest absolute Gasteiger partial charge is 0.318 e. The molecule has 0 bridgehead atoms. The highest BCUT2D eigenvalue weighted by Crippen LogP contribution is 2.03. The summed E-state index contributed by atoms with van der Waals surface area (Å²) in [6.07, 6.45) is 5.89. The van der Waals surface area contributed by atoms with Gasteiger partial charge in [-0.1, -0.05) is 39.0 Å². The molecule has 0 atom stereocenters. The molecule has 0 aliphatic rings. The average Bonchev–Trinajstić information content (AvgIpc) is 2.02. The van der Waals surface area contributed by atoms with Gasteiger partial charge >= 0.3 is 6.09 Å². The van der Waals surface area contributed by atoms with Gasteiger partial charge in [-0.3, -0.25) is 0 Å². The second kappa shape index (κ2) is 8.37. The molecule has 0 unspecified atom stereocenters. The minimum atomic E-state index is -1.16. The molecule has 0 fully saturated rings. The molecule has 1 radical (unpaired) electrons. The van der Waals surface area contributed by atoms with Crippen LogP contribution in [-0.2, 0) is 5.11 Å². The number of carbonyl (C=O) groups excluding carboxylic acids is 1. The van der Waals surface area contributed by atoms with Gasteiger partial charge in [0.05, 0.1) is 0 Å². The van der Waals surface area contributed by atoms with E-state index in [1.165, 1.54) is 25.7 Å². The third-order valence-corrected chi connectivity index (χ3v) is 1.80. The Morgan fingerprint density at radius 2 is 1.67 bits per heavy atom. The molecule has 3 nitrogen and oxygen atoms in total. The van der Waals surface area contributed by atoms with Gasteiger partial charge in [-0.15, -0.1) is 0 Å². The lowest BCUT2D eigenvalue weighted by atomic mass is 10.1. The van der Waals surface area contributed by atoms with E-state index in [0.717, 1.165) is 12.8 Å². The zero-order valence-corrected chi connectivity index (χ0v) is 7.77. The van der Waals surface area contributed by atoms with E-state index < -0.39 is 6.09 Å². The number of hydrogen-bond donors (Lipinski definition) is 1. The van der Waals surface area contributed by atoms with Crippen molar-refractivity contribution in [3.05, 3.63) is 0 Å². The van der Waals surface area contributed by atoms with Gasteiger partial charge in [0.1, 0.15) is 0 Å². The zero-order chi connectivity index (χ0) is 9.23. The van der Waals surface area contributed by atoms with Crippen LogP contribution >= 0.6 is 0 Å². The van der Waals surface area contributed by atoms with Crippen molar-refractivity contribution in [1.82, 2.24) is 5.32 Å². The van der Waals surface area contributed by atoms with Crippen molar-refractivity contribution in [2.45, 2.75) is 45.4 Å². The molecule has 71 valence electrons. The van der Waals surface area contributed by atoms with Gasteiger partial charge in [0.15, 0.2) is 0 Å². The Morgan fingerprint density at radius 1 is 1.08 bits per heavy atom. The van der Waals surface area contributed by atoms with E-state index in [1.807, 2.05) is 0 Å². The first-order valence-corrected chi connectivity index (χ1v) is 4.72. The lowest BCUT2D eigenvalue weighted by Gasteiger charge is -1.99.